The lowest BCUT2D eigenvalue weighted by Gasteiger charge is -2.40. The molecule has 15 nitrogen and oxygen atoms in total. The van der Waals surface area contributed by atoms with Crippen LogP contribution in [0, 0.1) is 0 Å². The first-order valence-corrected chi connectivity index (χ1v) is 11.8. The second kappa shape index (κ2) is 11.1. The molecule has 4 rings (SSSR count). The summed E-state index contributed by atoms with van der Waals surface area (Å²) in [5, 5.41) is 49.7. The number of phenolic OH excluding ortho intramolecular Hbond substituents is 5. The number of fused-ring (bicyclic) bond motifs is 1. The molecular weight excluding hydrogens is 552 g/mol. The monoisotopic (exact) mass is 576 g/mol. The zero-order chi connectivity index (χ0) is 30.2. The summed E-state index contributed by atoms with van der Waals surface area (Å²) >= 11 is 0. The predicted molar refractivity (Wildman–Crippen MR) is 133 cm³/mol. The highest BCUT2D eigenvalue weighted by molar-refractivity contribution is 5.88. The van der Waals surface area contributed by atoms with Crippen molar-refractivity contribution < 1.29 is 68.0 Å². The largest absolute Gasteiger partial charge is 0.508 e. The first kappa shape index (κ1) is 28.8. The molecule has 0 radical (unpaired) electrons. The fourth-order valence-corrected chi connectivity index (χ4v) is 4.23. The molecule has 0 bridgehead atoms. The van der Waals surface area contributed by atoms with Gasteiger partial charge in [0.15, 0.2) is 35.2 Å². The van der Waals surface area contributed by atoms with Gasteiger partial charge in [-0.2, -0.15) is 0 Å². The van der Waals surface area contributed by atoms with E-state index >= 15 is 0 Å². The van der Waals surface area contributed by atoms with E-state index in [9.17, 15) is 44.7 Å². The third-order valence-corrected chi connectivity index (χ3v) is 5.79. The summed E-state index contributed by atoms with van der Waals surface area (Å²) in [6.45, 7) is 2.72. The zero-order valence-corrected chi connectivity index (χ0v) is 21.6. The number of hydrogen-bond acceptors (Lipinski definition) is 15. The van der Waals surface area contributed by atoms with Crippen LogP contribution in [-0.2, 0) is 33.3 Å². The van der Waals surface area contributed by atoms with E-state index in [2.05, 4.69) is 0 Å². The molecule has 5 N–H and O–H groups in total. The fraction of sp³-hybridized carbons (Fsp3) is 0.308. The van der Waals surface area contributed by atoms with Crippen LogP contribution in [0.15, 0.2) is 33.5 Å². The summed E-state index contributed by atoms with van der Waals surface area (Å²) in [4.78, 5) is 49.1. The molecular formula is C26H24O15. The van der Waals surface area contributed by atoms with Gasteiger partial charge in [0.05, 0.1) is 6.61 Å². The Kier molecular flexibility index (Phi) is 7.82. The molecule has 1 aliphatic rings. The van der Waals surface area contributed by atoms with Crippen LogP contribution in [0.3, 0.4) is 0 Å². The van der Waals surface area contributed by atoms with Crippen molar-refractivity contribution in [2.75, 3.05) is 6.61 Å². The van der Waals surface area contributed by atoms with E-state index in [1.807, 2.05) is 0 Å². The maximum atomic E-state index is 13.6. The highest BCUT2D eigenvalue weighted by atomic mass is 16.7. The number of esters is 3. The normalized spacial score (nSPS) is 20.3. The number of carbonyl (C=O) groups excluding carboxylic acids is 3. The highest BCUT2D eigenvalue weighted by Gasteiger charge is 2.49. The van der Waals surface area contributed by atoms with Gasteiger partial charge < -0.3 is 53.6 Å². The van der Waals surface area contributed by atoms with Crippen LogP contribution in [0.5, 0.6) is 34.5 Å². The summed E-state index contributed by atoms with van der Waals surface area (Å²) in [7, 11) is 0. The average Bonchev–Trinajstić information content (AvgIpc) is 2.85. The lowest BCUT2D eigenvalue weighted by Crippen LogP contribution is -2.59. The first-order chi connectivity index (χ1) is 19.3. The molecule has 0 spiro atoms. The molecule has 3 aromatic rings. The first-order valence-electron chi connectivity index (χ1n) is 11.8. The Morgan fingerprint density at radius 2 is 1.39 bits per heavy atom. The Labute approximate surface area is 229 Å². The molecule has 4 atom stereocenters. The van der Waals surface area contributed by atoms with Gasteiger partial charge in [-0.3, -0.25) is 19.2 Å². The lowest BCUT2D eigenvalue weighted by atomic mass is 10.0. The van der Waals surface area contributed by atoms with Crippen molar-refractivity contribution >= 4 is 28.9 Å². The predicted octanol–water partition coefficient (Wildman–Crippen LogP) is 1.52. The summed E-state index contributed by atoms with van der Waals surface area (Å²) in [5.74, 6) is -7.35. The topological polar surface area (TPSA) is 229 Å². The maximum absolute atomic E-state index is 13.6. The SMILES string of the molecule is CC(=O)O[C@@H]1[C@H](Oc2c(-c3cc(O)c(O)c(O)c3)oc3cc(O)cc(O)c3c2=O)OC[C@@H](OC(C)=O)[C@@H]1OC(C)=O. The van der Waals surface area contributed by atoms with Gasteiger partial charge in [-0.25, -0.2) is 0 Å². The van der Waals surface area contributed by atoms with Gasteiger partial charge in [-0.15, -0.1) is 0 Å². The van der Waals surface area contributed by atoms with E-state index in [0.29, 0.717) is 0 Å². The standard InChI is InChI=1S/C26H24O15/c1-9(27)37-18-8-36-26(25(39-11(3)29)23(18)38-10(2)28)41-24-21(35)19-14(31)6-13(30)7-17(19)40-22(24)12-4-15(32)20(34)16(33)5-12/h4-7,18,23,25-26,30-34H,8H2,1-3H3/t18-,23+,25+,26+/m1/s1. The number of benzene rings is 2. The number of phenols is 5. The van der Waals surface area contributed by atoms with Crippen molar-refractivity contribution in [3.63, 3.8) is 0 Å². The summed E-state index contributed by atoms with van der Waals surface area (Å²) in [6, 6.07) is 3.69. The van der Waals surface area contributed by atoms with Gasteiger partial charge >= 0.3 is 17.9 Å². The molecule has 0 aliphatic carbocycles. The van der Waals surface area contributed by atoms with E-state index < -0.39 is 100 Å². The minimum absolute atomic E-state index is 0.219. The Hall–Kier alpha value is -5.18. The van der Waals surface area contributed by atoms with Gasteiger partial charge in [0, 0.05) is 38.5 Å². The van der Waals surface area contributed by atoms with Crippen molar-refractivity contribution in [2.45, 2.75) is 45.4 Å². The Morgan fingerprint density at radius 3 is 1.98 bits per heavy atom. The molecule has 1 saturated heterocycles. The molecule has 2 aromatic carbocycles. The zero-order valence-electron chi connectivity index (χ0n) is 21.6. The minimum atomic E-state index is -1.72. The van der Waals surface area contributed by atoms with Gasteiger partial charge in [0.2, 0.25) is 23.6 Å². The Bertz CT molecular complexity index is 1570. The van der Waals surface area contributed by atoms with Crippen molar-refractivity contribution in [1.29, 1.82) is 0 Å². The molecule has 0 saturated carbocycles. The molecule has 1 aliphatic heterocycles. The molecule has 0 amide bonds. The van der Waals surface area contributed by atoms with Crippen molar-refractivity contribution in [3.05, 3.63) is 34.5 Å². The van der Waals surface area contributed by atoms with Gasteiger partial charge in [-0.1, -0.05) is 0 Å². The van der Waals surface area contributed by atoms with E-state index in [0.717, 1.165) is 45.0 Å². The van der Waals surface area contributed by atoms with Crippen molar-refractivity contribution in [2.24, 2.45) is 0 Å². The molecule has 15 heteroatoms. The minimum Gasteiger partial charge on any atom is -0.508 e. The summed E-state index contributed by atoms with van der Waals surface area (Å²) in [5.41, 5.74) is -1.60. The summed E-state index contributed by atoms with van der Waals surface area (Å²) in [6.07, 6.45) is -6.03. The molecule has 2 heterocycles. The van der Waals surface area contributed by atoms with Crippen LogP contribution in [0.1, 0.15) is 20.8 Å². The molecule has 0 unspecified atom stereocenters. The number of carbonyl (C=O) groups is 3. The molecule has 218 valence electrons. The average molecular weight is 576 g/mol. The lowest BCUT2D eigenvalue weighted by molar-refractivity contribution is -0.260. The number of rotatable bonds is 6. The smallest absolute Gasteiger partial charge is 0.303 e. The van der Waals surface area contributed by atoms with E-state index in [4.69, 9.17) is 28.1 Å². The Balaban J connectivity index is 1.91. The van der Waals surface area contributed by atoms with Crippen LogP contribution in [0.25, 0.3) is 22.3 Å². The number of aromatic hydroxyl groups is 5. The fourth-order valence-electron chi connectivity index (χ4n) is 4.23. The van der Waals surface area contributed by atoms with E-state index in [1.54, 1.807) is 0 Å². The molecule has 1 fully saturated rings. The molecule has 1 aromatic heterocycles. The van der Waals surface area contributed by atoms with E-state index in [1.165, 1.54) is 0 Å². The van der Waals surface area contributed by atoms with Crippen LogP contribution < -0.4 is 10.2 Å². The summed E-state index contributed by atoms with van der Waals surface area (Å²) < 4.78 is 32.8. The molecule has 41 heavy (non-hydrogen) atoms. The van der Waals surface area contributed by atoms with E-state index in [-0.39, 0.29) is 11.1 Å². The quantitative estimate of drug-likeness (QED) is 0.159. The second-order valence-corrected chi connectivity index (χ2v) is 8.91. The van der Waals surface area contributed by atoms with Crippen LogP contribution in [0.2, 0.25) is 0 Å². The van der Waals surface area contributed by atoms with Gasteiger partial charge in [0.25, 0.3) is 0 Å². The Morgan fingerprint density at radius 1 is 0.805 bits per heavy atom. The van der Waals surface area contributed by atoms with Crippen molar-refractivity contribution in [3.8, 4) is 45.8 Å². The third-order valence-electron chi connectivity index (χ3n) is 5.79. The highest BCUT2D eigenvalue weighted by Crippen LogP contribution is 2.43. The maximum Gasteiger partial charge on any atom is 0.303 e. The van der Waals surface area contributed by atoms with Gasteiger partial charge in [0.1, 0.15) is 22.5 Å². The van der Waals surface area contributed by atoms with Crippen LogP contribution in [0.4, 0.5) is 0 Å². The number of hydrogen-bond donors (Lipinski definition) is 5. The van der Waals surface area contributed by atoms with Crippen LogP contribution in [-0.4, -0.2) is 74.6 Å². The number of ether oxygens (including phenoxy) is 5. The third kappa shape index (κ3) is 5.89. The van der Waals surface area contributed by atoms with Crippen molar-refractivity contribution in [1.82, 2.24) is 0 Å². The second-order valence-electron chi connectivity index (χ2n) is 8.91. The van der Waals surface area contributed by atoms with Gasteiger partial charge in [-0.05, 0) is 12.1 Å². The van der Waals surface area contributed by atoms with Crippen LogP contribution >= 0.6 is 0 Å².